The van der Waals surface area contributed by atoms with Crippen molar-refractivity contribution in [1.82, 2.24) is 40.3 Å². The van der Waals surface area contributed by atoms with Gasteiger partial charge in [-0.25, -0.2) is 9.97 Å². The third-order valence-corrected chi connectivity index (χ3v) is 6.69. The van der Waals surface area contributed by atoms with Crippen molar-refractivity contribution < 1.29 is 0 Å². The number of rotatable bonds is 6. The summed E-state index contributed by atoms with van der Waals surface area (Å²) in [4.78, 5) is 22.3. The van der Waals surface area contributed by atoms with Crippen LogP contribution in [0.3, 0.4) is 0 Å². The smallest absolute Gasteiger partial charge is 0.139 e. The molecule has 5 aromatic rings. The average Bonchev–Trinajstić information content (AvgIpc) is 3.51. The van der Waals surface area contributed by atoms with Crippen LogP contribution in [0.2, 0.25) is 0 Å². The van der Waals surface area contributed by atoms with E-state index in [-0.39, 0.29) is 0 Å². The molecule has 9 heteroatoms. The Balaban J connectivity index is 1.38. The van der Waals surface area contributed by atoms with Crippen LogP contribution < -0.4 is 10.2 Å². The average molecular weight is 468 g/mol. The van der Waals surface area contributed by atoms with Gasteiger partial charge in [-0.3, -0.25) is 10.1 Å². The number of H-pyrrole nitrogens is 2. The number of hydrogen-bond donors (Lipinski definition) is 3. The number of fused-ring (bicyclic) bond motifs is 2. The highest BCUT2D eigenvalue weighted by Crippen LogP contribution is 2.33. The second-order valence-corrected chi connectivity index (χ2v) is 9.09. The van der Waals surface area contributed by atoms with E-state index >= 15 is 0 Å². The highest BCUT2D eigenvalue weighted by atomic mass is 15.2. The van der Waals surface area contributed by atoms with Gasteiger partial charge in [-0.05, 0) is 49.5 Å². The number of nitrogens with one attached hydrogen (secondary N) is 3. The van der Waals surface area contributed by atoms with Crippen LogP contribution >= 0.6 is 0 Å². The summed E-state index contributed by atoms with van der Waals surface area (Å²) in [5.41, 5.74) is 8.50. The first-order valence-electron chi connectivity index (χ1n) is 12.1. The second kappa shape index (κ2) is 9.09. The van der Waals surface area contributed by atoms with E-state index in [0.29, 0.717) is 0 Å². The number of aromatic amines is 2. The Labute approximate surface area is 203 Å². The van der Waals surface area contributed by atoms with E-state index in [1.807, 2.05) is 30.7 Å². The molecule has 0 radical (unpaired) electrons. The number of hydrogen-bond acceptors (Lipinski definition) is 7. The summed E-state index contributed by atoms with van der Waals surface area (Å²) in [5, 5.41) is 12.2. The lowest BCUT2D eigenvalue weighted by atomic mass is 10.1. The lowest BCUT2D eigenvalue weighted by Gasteiger charge is -2.34. The second-order valence-electron chi connectivity index (χ2n) is 9.09. The maximum absolute atomic E-state index is 4.98. The Bertz CT molecular complexity index is 1480. The molecule has 0 unspecified atom stereocenters. The van der Waals surface area contributed by atoms with Crippen molar-refractivity contribution in [3.05, 3.63) is 54.5 Å². The molecule has 6 heterocycles. The fourth-order valence-electron chi connectivity index (χ4n) is 4.70. The van der Waals surface area contributed by atoms with Gasteiger partial charge >= 0.3 is 0 Å². The Kier molecular flexibility index (Phi) is 5.63. The van der Waals surface area contributed by atoms with Crippen LogP contribution in [-0.2, 0) is 6.54 Å². The van der Waals surface area contributed by atoms with Gasteiger partial charge in [0, 0.05) is 68.0 Å². The third kappa shape index (κ3) is 4.13. The molecule has 1 fully saturated rings. The standard InChI is InChI=1S/C26H29N9/c1-3-27-14-17-12-18(16-28-15-17)20-4-5-21-24(30-20)25(33-32-21)22-13-19-23(6-7-29-26(19)31-22)35-10-8-34(2)9-11-35/h4-7,12-13,15-16,27H,3,8-11,14H2,1-2H3,(H,29,31)(H,32,33). The molecule has 1 aliphatic rings. The molecule has 1 saturated heterocycles. The monoisotopic (exact) mass is 467 g/mol. The minimum Gasteiger partial charge on any atom is -0.368 e. The summed E-state index contributed by atoms with van der Waals surface area (Å²) in [5.74, 6) is 0. The van der Waals surface area contributed by atoms with Gasteiger partial charge in [0.1, 0.15) is 16.9 Å². The molecule has 0 aliphatic carbocycles. The summed E-state index contributed by atoms with van der Waals surface area (Å²) in [6.07, 6.45) is 5.63. The normalized spacial score (nSPS) is 14.9. The highest BCUT2D eigenvalue weighted by Gasteiger charge is 2.20. The molecule has 0 saturated carbocycles. The molecule has 178 valence electrons. The van der Waals surface area contributed by atoms with E-state index in [1.165, 1.54) is 5.69 Å². The zero-order valence-electron chi connectivity index (χ0n) is 20.0. The molecule has 0 atom stereocenters. The first-order valence-corrected chi connectivity index (χ1v) is 12.1. The summed E-state index contributed by atoms with van der Waals surface area (Å²) in [7, 11) is 2.17. The van der Waals surface area contributed by atoms with Crippen LogP contribution in [0, 0.1) is 0 Å². The maximum atomic E-state index is 4.98. The summed E-state index contributed by atoms with van der Waals surface area (Å²) in [6.45, 7) is 7.93. The van der Waals surface area contributed by atoms with Crippen molar-refractivity contribution in [2.45, 2.75) is 13.5 Å². The maximum Gasteiger partial charge on any atom is 0.139 e. The quantitative estimate of drug-likeness (QED) is 0.352. The Morgan fingerprint density at radius 2 is 1.94 bits per heavy atom. The molecular weight excluding hydrogens is 438 g/mol. The van der Waals surface area contributed by atoms with Crippen LogP contribution in [0.5, 0.6) is 0 Å². The lowest BCUT2D eigenvalue weighted by molar-refractivity contribution is 0.313. The molecule has 0 aromatic carbocycles. The summed E-state index contributed by atoms with van der Waals surface area (Å²) >= 11 is 0. The van der Waals surface area contributed by atoms with E-state index < -0.39 is 0 Å². The first kappa shape index (κ1) is 21.7. The van der Waals surface area contributed by atoms with Crippen LogP contribution in [-0.4, -0.2) is 74.8 Å². The minimum atomic E-state index is 0.786. The van der Waals surface area contributed by atoms with Gasteiger partial charge in [0.05, 0.1) is 16.9 Å². The molecule has 1 aliphatic heterocycles. The van der Waals surface area contributed by atoms with Gasteiger partial charge in [-0.1, -0.05) is 6.92 Å². The number of nitrogens with zero attached hydrogens (tertiary/aromatic N) is 6. The predicted molar refractivity (Wildman–Crippen MR) is 139 cm³/mol. The highest BCUT2D eigenvalue weighted by molar-refractivity contribution is 5.97. The zero-order valence-corrected chi connectivity index (χ0v) is 20.0. The van der Waals surface area contributed by atoms with Crippen LogP contribution in [0.1, 0.15) is 12.5 Å². The fourth-order valence-corrected chi connectivity index (χ4v) is 4.70. The van der Waals surface area contributed by atoms with Gasteiger partial charge in [-0.2, -0.15) is 5.10 Å². The zero-order chi connectivity index (χ0) is 23.8. The molecular formula is C26H29N9. The molecule has 3 N–H and O–H groups in total. The molecule has 0 bridgehead atoms. The Morgan fingerprint density at radius 3 is 2.80 bits per heavy atom. The van der Waals surface area contributed by atoms with Crippen LogP contribution in [0.4, 0.5) is 5.69 Å². The first-order chi connectivity index (χ1) is 17.2. The molecule has 5 aromatic heterocycles. The van der Waals surface area contributed by atoms with Crippen molar-refractivity contribution in [2.24, 2.45) is 0 Å². The molecule has 9 nitrogen and oxygen atoms in total. The molecule has 35 heavy (non-hydrogen) atoms. The largest absolute Gasteiger partial charge is 0.368 e. The van der Waals surface area contributed by atoms with Crippen LogP contribution in [0.15, 0.2) is 48.9 Å². The van der Waals surface area contributed by atoms with Crippen molar-refractivity contribution >= 4 is 27.8 Å². The molecule has 0 spiro atoms. The Hall–Kier alpha value is -3.82. The number of pyridine rings is 3. The van der Waals surface area contributed by atoms with Crippen LogP contribution in [0.25, 0.3) is 44.7 Å². The topological polar surface area (TPSA) is 102 Å². The van der Waals surface area contributed by atoms with E-state index in [9.17, 15) is 0 Å². The van der Waals surface area contributed by atoms with Crippen molar-refractivity contribution in [1.29, 1.82) is 0 Å². The lowest BCUT2D eigenvalue weighted by Crippen LogP contribution is -2.44. The van der Waals surface area contributed by atoms with Gasteiger partial charge in [0.25, 0.3) is 0 Å². The number of anilines is 1. The van der Waals surface area contributed by atoms with Gasteiger partial charge < -0.3 is 20.1 Å². The predicted octanol–water partition coefficient (Wildman–Crippen LogP) is 3.42. The fraction of sp³-hybridized carbons (Fsp3) is 0.308. The molecule has 6 rings (SSSR count). The third-order valence-electron chi connectivity index (χ3n) is 6.69. The van der Waals surface area contributed by atoms with E-state index in [4.69, 9.17) is 4.98 Å². The number of likely N-dealkylation sites (N-methyl/N-ethyl adjacent to an activating group) is 1. The van der Waals surface area contributed by atoms with Crippen molar-refractivity contribution in [2.75, 3.05) is 44.7 Å². The SMILES string of the molecule is CCNCc1cncc(-c2ccc3[nH]nc(-c4cc5c(N6CCN(C)CC6)ccnc5[nH]4)c3n2)c1. The van der Waals surface area contributed by atoms with Crippen molar-refractivity contribution in [3.63, 3.8) is 0 Å². The summed E-state index contributed by atoms with van der Waals surface area (Å²) in [6, 6.07) is 10.4. The number of aromatic nitrogens is 6. The minimum absolute atomic E-state index is 0.786. The molecule has 0 amide bonds. The van der Waals surface area contributed by atoms with Gasteiger partial charge in [0.2, 0.25) is 0 Å². The van der Waals surface area contributed by atoms with Gasteiger partial charge in [-0.15, -0.1) is 0 Å². The van der Waals surface area contributed by atoms with E-state index in [0.717, 1.165) is 89.5 Å². The number of piperazine rings is 1. The van der Waals surface area contributed by atoms with Gasteiger partial charge in [0.15, 0.2) is 0 Å². The van der Waals surface area contributed by atoms with E-state index in [1.54, 1.807) is 0 Å². The van der Waals surface area contributed by atoms with Crippen molar-refractivity contribution in [3.8, 4) is 22.6 Å². The van der Waals surface area contributed by atoms with E-state index in [2.05, 4.69) is 72.4 Å². The Morgan fingerprint density at radius 1 is 1.06 bits per heavy atom. The summed E-state index contributed by atoms with van der Waals surface area (Å²) < 4.78 is 0.